The van der Waals surface area contributed by atoms with Crippen LogP contribution >= 0.6 is 0 Å². The number of hydrogen-bond donors (Lipinski definition) is 1. The number of nitrogens with zero attached hydrogens (tertiary/aromatic N) is 2. The number of rotatable bonds is 7. The molecule has 26 heavy (non-hydrogen) atoms. The Kier molecular flexibility index (Phi) is 6.26. The fourth-order valence-electron chi connectivity index (χ4n) is 2.18. The van der Waals surface area contributed by atoms with Crippen molar-refractivity contribution < 1.29 is 19.2 Å². The molecule has 0 aliphatic heterocycles. The predicted molar refractivity (Wildman–Crippen MR) is 98.0 cm³/mol. The monoisotopic (exact) mass is 357 g/mol. The van der Waals surface area contributed by atoms with Crippen LogP contribution in [-0.2, 0) is 4.79 Å². The van der Waals surface area contributed by atoms with Crippen LogP contribution in [0.4, 0.5) is 11.4 Å². The van der Waals surface area contributed by atoms with Gasteiger partial charge in [-0.2, -0.15) is 5.10 Å². The van der Waals surface area contributed by atoms with Crippen LogP contribution < -0.4 is 14.9 Å². The first-order chi connectivity index (χ1) is 12.4. The van der Waals surface area contributed by atoms with E-state index in [2.05, 4.69) is 10.5 Å². The molecular formula is C18H19N3O5. The van der Waals surface area contributed by atoms with Gasteiger partial charge in [0, 0.05) is 6.92 Å². The summed E-state index contributed by atoms with van der Waals surface area (Å²) in [6, 6.07) is 10.4. The molecule has 0 heterocycles. The molecule has 0 saturated heterocycles. The average molecular weight is 357 g/mol. The molecule has 0 saturated carbocycles. The minimum atomic E-state index is -0.595. The lowest BCUT2D eigenvalue weighted by atomic mass is 10.1. The Hall–Kier alpha value is -3.42. The van der Waals surface area contributed by atoms with Gasteiger partial charge in [0.15, 0.2) is 5.75 Å². The van der Waals surface area contributed by atoms with Crippen LogP contribution in [-0.4, -0.2) is 23.7 Å². The quantitative estimate of drug-likeness (QED) is 0.267. The lowest BCUT2D eigenvalue weighted by molar-refractivity contribution is -0.386. The highest BCUT2D eigenvalue weighted by Crippen LogP contribution is 2.39. The van der Waals surface area contributed by atoms with Crippen molar-refractivity contribution in [3.8, 4) is 11.5 Å². The van der Waals surface area contributed by atoms with E-state index in [1.807, 2.05) is 31.2 Å². The number of hydrogen-bond acceptors (Lipinski definition) is 7. The van der Waals surface area contributed by atoms with E-state index < -0.39 is 10.9 Å². The summed E-state index contributed by atoms with van der Waals surface area (Å²) in [7, 11) is 0. The van der Waals surface area contributed by atoms with Gasteiger partial charge in [-0.15, -0.1) is 0 Å². The third-order valence-corrected chi connectivity index (χ3v) is 3.30. The molecule has 8 nitrogen and oxygen atoms in total. The highest BCUT2D eigenvalue weighted by atomic mass is 16.6. The summed E-state index contributed by atoms with van der Waals surface area (Å²) >= 11 is 0. The van der Waals surface area contributed by atoms with E-state index in [0.29, 0.717) is 0 Å². The van der Waals surface area contributed by atoms with Crippen LogP contribution in [0.2, 0.25) is 0 Å². The van der Waals surface area contributed by atoms with Crippen molar-refractivity contribution in [1.82, 2.24) is 0 Å². The third kappa shape index (κ3) is 4.79. The SMILES string of the molecule is CCOc1c(OC(C)=O)ccc(/C=N/Nc2ccc(C)cc2)c1[N+](=O)[O-]. The van der Waals surface area contributed by atoms with Crippen molar-refractivity contribution in [2.75, 3.05) is 12.0 Å². The smallest absolute Gasteiger partial charge is 0.323 e. The first-order valence-corrected chi connectivity index (χ1v) is 7.90. The summed E-state index contributed by atoms with van der Waals surface area (Å²) < 4.78 is 10.3. The Bertz CT molecular complexity index is 831. The molecule has 0 bridgehead atoms. The summed E-state index contributed by atoms with van der Waals surface area (Å²) in [4.78, 5) is 22.1. The first-order valence-electron chi connectivity index (χ1n) is 7.90. The zero-order valence-corrected chi connectivity index (χ0v) is 14.7. The number of ether oxygens (including phenoxy) is 2. The van der Waals surface area contributed by atoms with E-state index in [1.165, 1.54) is 25.3 Å². The zero-order valence-electron chi connectivity index (χ0n) is 14.7. The van der Waals surface area contributed by atoms with Crippen molar-refractivity contribution in [2.24, 2.45) is 5.10 Å². The number of nitro benzene ring substituents is 1. The maximum atomic E-state index is 11.5. The highest BCUT2D eigenvalue weighted by molar-refractivity contribution is 5.89. The van der Waals surface area contributed by atoms with E-state index in [1.54, 1.807) is 6.92 Å². The molecule has 0 atom stereocenters. The number of carbonyl (C=O) groups excluding carboxylic acids is 1. The van der Waals surface area contributed by atoms with Crippen molar-refractivity contribution >= 4 is 23.6 Å². The normalized spacial score (nSPS) is 10.6. The number of carbonyl (C=O) groups is 1. The molecule has 0 amide bonds. The summed E-state index contributed by atoms with van der Waals surface area (Å²) in [5.74, 6) is -0.704. The Balaban J connectivity index is 2.35. The van der Waals surface area contributed by atoms with Crippen molar-refractivity contribution in [1.29, 1.82) is 0 Å². The van der Waals surface area contributed by atoms with Gasteiger partial charge in [0.2, 0.25) is 5.75 Å². The molecule has 0 aromatic heterocycles. The standard InChI is InChI=1S/C18H19N3O5/c1-4-25-18-16(26-13(3)22)10-7-14(17(18)21(23)24)11-19-20-15-8-5-12(2)6-9-15/h5-11,20H,4H2,1-3H3/b19-11+. The van der Waals surface area contributed by atoms with Gasteiger partial charge >= 0.3 is 11.7 Å². The lowest BCUT2D eigenvalue weighted by Crippen LogP contribution is -2.07. The summed E-state index contributed by atoms with van der Waals surface area (Å²) in [5.41, 5.74) is 4.56. The second-order valence-electron chi connectivity index (χ2n) is 5.35. The Morgan fingerprint density at radius 2 is 1.96 bits per heavy atom. The van der Waals surface area contributed by atoms with Gasteiger partial charge in [0.25, 0.3) is 0 Å². The Morgan fingerprint density at radius 3 is 2.54 bits per heavy atom. The van der Waals surface area contributed by atoms with E-state index in [0.717, 1.165) is 11.3 Å². The van der Waals surface area contributed by atoms with E-state index in [9.17, 15) is 14.9 Å². The maximum Gasteiger partial charge on any atom is 0.323 e. The molecule has 0 aliphatic carbocycles. The average Bonchev–Trinajstić information content (AvgIpc) is 2.58. The number of aryl methyl sites for hydroxylation is 1. The van der Waals surface area contributed by atoms with Gasteiger partial charge < -0.3 is 9.47 Å². The zero-order chi connectivity index (χ0) is 19.1. The van der Waals surface area contributed by atoms with Gasteiger partial charge in [-0.1, -0.05) is 17.7 Å². The van der Waals surface area contributed by atoms with Gasteiger partial charge in [-0.3, -0.25) is 20.3 Å². The van der Waals surface area contributed by atoms with Crippen LogP contribution in [0.1, 0.15) is 25.0 Å². The van der Waals surface area contributed by atoms with Gasteiger partial charge in [0.1, 0.15) is 0 Å². The third-order valence-electron chi connectivity index (χ3n) is 3.30. The largest absolute Gasteiger partial charge is 0.485 e. The number of nitro groups is 1. The molecular weight excluding hydrogens is 338 g/mol. The molecule has 0 radical (unpaired) electrons. The van der Waals surface area contributed by atoms with Crippen LogP contribution in [0.5, 0.6) is 11.5 Å². The second kappa shape index (κ2) is 8.61. The van der Waals surface area contributed by atoms with E-state index in [-0.39, 0.29) is 29.4 Å². The summed E-state index contributed by atoms with van der Waals surface area (Å²) in [6.45, 7) is 5.04. The number of benzene rings is 2. The molecule has 2 aromatic rings. The van der Waals surface area contributed by atoms with E-state index >= 15 is 0 Å². The minimum Gasteiger partial charge on any atom is -0.485 e. The molecule has 136 valence electrons. The number of esters is 1. The topological polar surface area (TPSA) is 103 Å². The fourth-order valence-corrected chi connectivity index (χ4v) is 2.18. The molecule has 0 fully saturated rings. The highest BCUT2D eigenvalue weighted by Gasteiger charge is 2.25. The van der Waals surface area contributed by atoms with Crippen LogP contribution in [0.3, 0.4) is 0 Å². The van der Waals surface area contributed by atoms with Crippen molar-refractivity contribution in [2.45, 2.75) is 20.8 Å². The van der Waals surface area contributed by atoms with E-state index in [4.69, 9.17) is 9.47 Å². The molecule has 1 N–H and O–H groups in total. The number of hydrazone groups is 1. The molecule has 8 heteroatoms. The van der Waals surface area contributed by atoms with Crippen LogP contribution in [0, 0.1) is 17.0 Å². The van der Waals surface area contributed by atoms with Crippen molar-refractivity contribution in [3.63, 3.8) is 0 Å². The molecule has 2 rings (SSSR count). The van der Waals surface area contributed by atoms with Gasteiger partial charge in [-0.05, 0) is 38.1 Å². The van der Waals surface area contributed by atoms with Crippen LogP contribution in [0.25, 0.3) is 0 Å². The Labute approximate surface area is 150 Å². The minimum absolute atomic E-state index is 0.00491. The molecule has 2 aromatic carbocycles. The Morgan fingerprint density at radius 1 is 1.27 bits per heavy atom. The maximum absolute atomic E-state index is 11.5. The fraction of sp³-hybridized carbons (Fsp3) is 0.222. The molecule has 0 aliphatic rings. The first kappa shape index (κ1) is 18.9. The lowest BCUT2D eigenvalue weighted by Gasteiger charge is -2.11. The van der Waals surface area contributed by atoms with Gasteiger partial charge in [-0.25, -0.2) is 0 Å². The second-order valence-corrected chi connectivity index (χ2v) is 5.35. The molecule has 0 unspecified atom stereocenters. The summed E-state index contributed by atoms with van der Waals surface area (Å²) in [6.07, 6.45) is 1.32. The number of nitrogens with one attached hydrogen (secondary N) is 1. The predicted octanol–water partition coefficient (Wildman–Crippen LogP) is 3.67. The van der Waals surface area contributed by atoms with Crippen LogP contribution in [0.15, 0.2) is 41.5 Å². The summed E-state index contributed by atoms with van der Waals surface area (Å²) in [5, 5.41) is 15.6. The van der Waals surface area contributed by atoms with Gasteiger partial charge in [0.05, 0.1) is 29.0 Å². The number of anilines is 1. The molecule has 0 spiro atoms. The van der Waals surface area contributed by atoms with Crippen molar-refractivity contribution in [3.05, 3.63) is 57.6 Å².